The number of hydrogen-bond donors (Lipinski definition) is 1. The third kappa shape index (κ3) is 4.23. The zero-order valence-corrected chi connectivity index (χ0v) is 16.9. The molecule has 7 nitrogen and oxygen atoms in total. The van der Waals surface area contributed by atoms with Crippen LogP contribution in [0.2, 0.25) is 5.02 Å². The van der Waals surface area contributed by atoms with Crippen LogP contribution in [0, 0.1) is 5.92 Å². The third-order valence-corrected chi connectivity index (χ3v) is 5.62. The summed E-state index contributed by atoms with van der Waals surface area (Å²) in [5.41, 5.74) is 1.47. The van der Waals surface area contributed by atoms with E-state index in [9.17, 15) is 8.42 Å². The topological polar surface area (TPSA) is 86.1 Å². The minimum atomic E-state index is -3.84. The largest absolute Gasteiger partial charge is 0.495 e. The Bertz CT molecular complexity index is 1060. The first kappa shape index (κ1) is 19.6. The summed E-state index contributed by atoms with van der Waals surface area (Å²) in [6.45, 7) is 4.88. The van der Waals surface area contributed by atoms with E-state index in [0.717, 1.165) is 11.2 Å². The van der Waals surface area contributed by atoms with Gasteiger partial charge in [0.25, 0.3) is 0 Å². The van der Waals surface area contributed by atoms with Gasteiger partial charge in [-0.25, -0.2) is 23.1 Å². The molecule has 144 valence electrons. The molecule has 3 aromatic rings. The molecule has 0 fully saturated rings. The number of methoxy groups -OCH3 is 1. The van der Waals surface area contributed by atoms with Crippen LogP contribution in [-0.4, -0.2) is 30.1 Å². The van der Waals surface area contributed by atoms with E-state index < -0.39 is 10.0 Å². The Morgan fingerprint density at radius 3 is 2.78 bits per heavy atom. The molecule has 2 heterocycles. The molecule has 3 rings (SSSR count). The van der Waals surface area contributed by atoms with Gasteiger partial charge in [-0.3, -0.25) is 0 Å². The lowest BCUT2D eigenvalue weighted by Gasteiger charge is -2.13. The average Bonchev–Trinajstić information content (AvgIpc) is 2.97. The molecule has 9 heteroatoms. The highest BCUT2D eigenvalue weighted by molar-refractivity contribution is 7.89. The van der Waals surface area contributed by atoms with Crippen molar-refractivity contribution in [2.45, 2.75) is 31.8 Å². The summed E-state index contributed by atoms with van der Waals surface area (Å²) in [5, 5.41) is 0.312. The van der Waals surface area contributed by atoms with Crippen molar-refractivity contribution < 1.29 is 13.2 Å². The molecule has 1 N–H and O–H groups in total. The first-order valence-corrected chi connectivity index (χ1v) is 10.3. The summed E-state index contributed by atoms with van der Waals surface area (Å²) in [7, 11) is -2.43. The molecule has 0 unspecified atom stereocenters. The van der Waals surface area contributed by atoms with E-state index in [-0.39, 0.29) is 17.2 Å². The number of imidazole rings is 1. The fourth-order valence-electron chi connectivity index (χ4n) is 2.80. The lowest BCUT2D eigenvalue weighted by molar-refractivity contribution is 0.402. The molecule has 0 aliphatic rings. The van der Waals surface area contributed by atoms with Crippen LogP contribution in [0.25, 0.3) is 11.2 Å². The Morgan fingerprint density at radius 2 is 2.07 bits per heavy atom. The monoisotopic (exact) mass is 408 g/mol. The normalized spacial score (nSPS) is 12.0. The summed E-state index contributed by atoms with van der Waals surface area (Å²) in [6, 6.07) is 8.13. The predicted molar refractivity (Wildman–Crippen MR) is 104 cm³/mol. The van der Waals surface area contributed by atoms with Crippen molar-refractivity contribution in [3.8, 4) is 5.75 Å². The fourth-order valence-corrected chi connectivity index (χ4v) is 4.20. The highest BCUT2D eigenvalue weighted by Crippen LogP contribution is 2.27. The summed E-state index contributed by atoms with van der Waals surface area (Å²) in [6.07, 6.45) is 1.70. The van der Waals surface area contributed by atoms with E-state index in [0.29, 0.717) is 23.3 Å². The number of rotatable bonds is 7. The second-order valence-corrected chi connectivity index (χ2v) is 8.67. The molecular formula is C18H21ClN4O3S. The van der Waals surface area contributed by atoms with Crippen LogP contribution in [0.5, 0.6) is 5.75 Å². The van der Waals surface area contributed by atoms with Gasteiger partial charge in [0.1, 0.15) is 22.0 Å². The van der Waals surface area contributed by atoms with Crippen LogP contribution in [0.1, 0.15) is 19.7 Å². The van der Waals surface area contributed by atoms with E-state index in [1.54, 1.807) is 18.3 Å². The highest BCUT2D eigenvalue weighted by Gasteiger charge is 2.21. The molecule has 0 aliphatic carbocycles. The maximum Gasteiger partial charge on any atom is 0.244 e. The van der Waals surface area contributed by atoms with Crippen LogP contribution in [0.3, 0.4) is 0 Å². The Morgan fingerprint density at radius 1 is 1.30 bits per heavy atom. The third-order valence-electron chi connectivity index (χ3n) is 3.97. The Labute approximate surface area is 163 Å². The number of ether oxygens (including phenoxy) is 1. The molecule has 0 atom stereocenters. The molecule has 1 aromatic carbocycles. The van der Waals surface area contributed by atoms with Gasteiger partial charge in [0.2, 0.25) is 10.0 Å². The molecule has 0 saturated carbocycles. The quantitative estimate of drug-likeness (QED) is 0.648. The maximum absolute atomic E-state index is 12.8. The minimum Gasteiger partial charge on any atom is -0.495 e. The molecule has 2 aromatic heterocycles. The summed E-state index contributed by atoms with van der Waals surface area (Å²) >= 11 is 5.96. The van der Waals surface area contributed by atoms with E-state index >= 15 is 0 Å². The van der Waals surface area contributed by atoms with E-state index in [1.165, 1.54) is 19.2 Å². The molecule has 0 bridgehead atoms. The number of nitrogens with zero attached hydrogens (tertiary/aromatic N) is 3. The lowest BCUT2D eigenvalue weighted by atomic mass is 10.2. The minimum absolute atomic E-state index is 0.0119. The number of sulfonamides is 1. The summed E-state index contributed by atoms with van der Waals surface area (Å²) in [4.78, 5) is 8.91. The van der Waals surface area contributed by atoms with Crippen molar-refractivity contribution in [1.82, 2.24) is 19.3 Å². The van der Waals surface area contributed by atoms with Gasteiger partial charge in [-0.15, -0.1) is 0 Å². The first-order chi connectivity index (χ1) is 12.8. The van der Waals surface area contributed by atoms with Gasteiger partial charge < -0.3 is 9.30 Å². The van der Waals surface area contributed by atoms with Crippen LogP contribution >= 0.6 is 11.6 Å². The van der Waals surface area contributed by atoms with Crippen LogP contribution in [-0.2, 0) is 23.1 Å². The average molecular weight is 409 g/mol. The van der Waals surface area contributed by atoms with E-state index in [2.05, 4.69) is 28.5 Å². The smallest absolute Gasteiger partial charge is 0.244 e. The fraction of sp³-hybridized carbons (Fsp3) is 0.333. The van der Waals surface area contributed by atoms with Gasteiger partial charge in [0.05, 0.1) is 13.7 Å². The number of fused-ring (bicyclic) bond motifs is 1. The number of aromatic nitrogens is 3. The van der Waals surface area contributed by atoms with Gasteiger partial charge in [-0.2, -0.15) is 0 Å². The van der Waals surface area contributed by atoms with E-state index in [1.807, 2.05) is 10.6 Å². The Kier molecular flexibility index (Phi) is 5.69. The second kappa shape index (κ2) is 7.84. The molecule has 27 heavy (non-hydrogen) atoms. The zero-order chi connectivity index (χ0) is 19.6. The van der Waals surface area contributed by atoms with Crippen molar-refractivity contribution in [2.75, 3.05) is 7.11 Å². The van der Waals surface area contributed by atoms with Crippen molar-refractivity contribution in [1.29, 1.82) is 0 Å². The number of pyridine rings is 1. The van der Waals surface area contributed by atoms with Crippen LogP contribution in [0.15, 0.2) is 41.4 Å². The zero-order valence-electron chi connectivity index (χ0n) is 15.3. The molecule has 0 spiro atoms. The first-order valence-electron chi connectivity index (χ1n) is 8.45. The van der Waals surface area contributed by atoms with Crippen molar-refractivity contribution >= 4 is 32.8 Å². The second-order valence-electron chi connectivity index (χ2n) is 6.50. The van der Waals surface area contributed by atoms with Crippen LogP contribution in [0.4, 0.5) is 0 Å². The number of benzene rings is 1. The van der Waals surface area contributed by atoms with Gasteiger partial charge in [0, 0.05) is 17.8 Å². The standard InChI is InChI=1S/C18H21ClN4O3S/c1-12(2)11-23-17(22-14-5-4-8-20-18(14)23)10-21-27(24,25)16-9-13(19)6-7-15(16)26-3/h4-9,12,21H,10-11H2,1-3H3. The summed E-state index contributed by atoms with van der Waals surface area (Å²) < 4.78 is 35.3. The number of halogens is 1. The highest BCUT2D eigenvalue weighted by atomic mass is 35.5. The van der Waals surface area contributed by atoms with Gasteiger partial charge in [0.15, 0.2) is 5.65 Å². The van der Waals surface area contributed by atoms with Gasteiger partial charge in [-0.05, 0) is 36.2 Å². The predicted octanol–water partition coefficient (Wildman–Crippen LogP) is 3.23. The lowest BCUT2D eigenvalue weighted by Crippen LogP contribution is -2.26. The molecular weight excluding hydrogens is 388 g/mol. The van der Waals surface area contributed by atoms with Gasteiger partial charge in [-0.1, -0.05) is 25.4 Å². The Balaban J connectivity index is 1.93. The van der Waals surface area contributed by atoms with Crippen molar-refractivity contribution in [3.63, 3.8) is 0 Å². The van der Waals surface area contributed by atoms with Gasteiger partial charge >= 0.3 is 0 Å². The molecule has 0 amide bonds. The van der Waals surface area contributed by atoms with Crippen molar-refractivity contribution in [3.05, 3.63) is 47.4 Å². The molecule has 0 radical (unpaired) electrons. The number of nitrogens with one attached hydrogen (secondary N) is 1. The summed E-state index contributed by atoms with van der Waals surface area (Å²) in [5.74, 6) is 1.18. The van der Waals surface area contributed by atoms with E-state index in [4.69, 9.17) is 16.3 Å². The van der Waals surface area contributed by atoms with Crippen LogP contribution < -0.4 is 9.46 Å². The molecule has 0 saturated heterocycles. The SMILES string of the molecule is COc1ccc(Cl)cc1S(=O)(=O)NCc1nc2cccnc2n1CC(C)C. The van der Waals surface area contributed by atoms with Crippen molar-refractivity contribution in [2.24, 2.45) is 5.92 Å². The Hall–Kier alpha value is -2.16. The maximum atomic E-state index is 12.8. The number of hydrogen-bond acceptors (Lipinski definition) is 5. The molecule has 0 aliphatic heterocycles.